The number of aliphatic hydroxyl groups excluding tert-OH is 1. The van der Waals surface area contributed by atoms with Crippen molar-refractivity contribution in [2.75, 3.05) is 33.3 Å². The minimum absolute atomic E-state index is 0.271. The lowest BCUT2D eigenvalue weighted by atomic mass is 10.2. The molecule has 0 fully saturated rings. The topological polar surface area (TPSA) is 49.5 Å². The van der Waals surface area contributed by atoms with Gasteiger partial charge in [0.25, 0.3) is 0 Å². The fraction of sp³-hybridized carbons (Fsp3) is 1.00. The highest BCUT2D eigenvalue weighted by atomic mass is 16.3. The molecule has 0 heterocycles. The first kappa shape index (κ1) is 10.9. The maximum atomic E-state index is 8.76. The summed E-state index contributed by atoms with van der Waals surface area (Å²) < 4.78 is 0. The number of hydrogen-bond donors (Lipinski definition) is 2. The second kappa shape index (κ2) is 6.58. The third-order valence-electron chi connectivity index (χ3n) is 1.68. The maximum Gasteiger partial charge on any atom is 0.0468 e. The van der Waals surface area contributed by atoms with Crippen LogP contribution in [-0.4, -0.2) is 43.3 Å². The van der Waals surface area contributed by atoms with Crippen molar-refractivity contribution in [2.45, 2.75) is 13.3 Å². The molecule has 0 aromatic heterocycles. The molecule has 1 atom stereocenters. The lowest BCUT2D eigenvalue weighted by Crippen LogP contribution is -2.28. The van der Waals surface area contributed by atoms with Crippen molar-refractivity contribution >= 4 is 0 Å². The van der Waals surface area contributed by atoms with Crippen LogP contribution in [0.1, 0.15) is 13.3 Å². The van der Waals surface area contributed by atoms with Crippen LogP contribution in [0.4, 0.5) is 0 Å². The molecule has 1 unspecified atom stereocenters. The average Bonchev–Trinajstić information content (AvgIpc) is 2.00. The van der Waals surface area contributed by atoms with E-state index in [1.54, 1.807) is 0 Å². The van der Waals surface area contributed by atoms with Crippen molar-refractivity contribution in [3.8, 4) is 0 Å². The monoisotopic (exact) mass is 160 g/mol. The van der Waals surface area contributed by atoms with Gasteiger partial charge >= 0.3 is 0 Å². The van der Waals surface area contributed by atoms with Gasteiger partial charge in [-0.25, -0.2) is 0 Å². The van der Waals surface area contributed by atoms with Crippen LogP contribution in [0.3, 0.4) is 0 Å². The Balaban J connectivity index is 3.27. The summed E-state index contributed by atoms with van der Waals surface area (Å²) in [5, 5.41) is 8.76. The van der Waals surface area contributed by atoms with Crippen molar-refractivity contribution in [2.24, 2.45) is 11.7 Å². The van der Waals surface area contributed by atoms with Gasteiger partial charge in [-0.15, -0.1) is 0 Å². The molecule has 0 aliphatic heterocycles. The molecule has 0 amide bonds. The molecule has 0 aromatic rings. The summed E-state index contributed by atoms with van der Waals surface area (Å²) in [5.41, 5.74) is 5.36. The van der Waals surface area contributed by atoms with E-state index in [0.29, 0.717) is 5.92 Å². The van der Waals surface area contributed by atoms with Gasteiger partial charge < -0.3 is 15.7 Å². The van der Waals surface area contributed by atoms with E-state index in [-0.39, 0.29) is 6.61 Å². The van der Waals surface area contributed by atoms with Crippen LogP contribution in [0.15, 0.2) is 0 Å². The van der Waals surface area contributed by atoms with Gasteiger partial charge in [0.15, 0.2) is 0 Å². The molecular weight excluding hydrogens is 140 g/mol. The van der Waals surface area contributed by atoms with Gasteiger partial charge in [0, 0.05) is 13.2 Å². The first-order valence-electron chi connectivity index (χ1n) is 4.20. The number of nitrogens with two attached hydrogens (primary N) is 1. The highest BCUT2D eigenvalue weighted by molar-refractivity contribution is 4.57. The van der Waals surface area contributed by atoms with Gasteiger partial charge in [-0.2, -0.15) is 0 Å². The minimum atomic E-state index is 0.271. The second-order valence-corrected chi connectivity index (χ2v) is 3.19. The first-order chi connectivity index (χ1) is 5.20. The molecule has 0 aromatic carbocycles. The Hall–Kier alpha value is -0.120. The van der Waals surface area contributed by atoms with E-state index < -0.39 is 0 Å². The average molecular weight is 160 g/mol. The van der Waals surface area contributed by atoms with E-state index in [1.807, 2.05) is 6.92 Å². The quantitative estimate of drug-likeness (QED) is 0.570. The van der Waals surface area contributed by atoms with Gasteiger partial charge in [0.2, 0.25) is 0 Å². The summed E-state index contributed by atoms with van der Waals surface area (Å²) in [6.07, 6.45) is 1.04. The van der Waals surface area contributed by atoms with Crippen LogP contribution in [0.2, 0.25) is 0 Å². The highest BCUT2D eigenvalue weighted by Crippen LogP contribution is 1.96. The van der Waals surface area contributed by atoms with Crippen LogP contribution in [0.25, 0.3) is 0 Å². The van der Waals surface area contributed by atoms with Gasteiger partial charge in [0.1, 0.15) is 0 Å². The lowest BCUT2D eigenvalue weighted by Gasteiger charge is -2.19. The summed E-state index contributed by atoms with van der Waals surface area (Å²) >= 11 is 0. The summed E-state index contributed by atoms with van der Waals surface area (Å²) in [6, 6.07) is 0. The molecule has 0 saturated heterocycles. The Bertz CT molecular complexity index is 88.2. The number of rotatable bonds is 6. The molecule has 3 nitrogen and oxygen atoms in total. The third-order valence-corrected chi connectivity index (χ3v) is 1.68. The van der Waals surface area contributed by atoms with Gasteiger partial charge in [-0.05, 0) is 32.5 Å². The molecule has 3 N–H and O–H groups in total. The Labute approximate surface area is 69.2 Å². The van der Waals surface area contributed by atoms with Gasteiger partial charge in [-0.3, -0.25) is 0 Å². The summed E-state index contributed by atoms with van der Waals surface area (Å²) in [4.78, 5) is 2.20. The molecule has 68 valence electrons. The van der Waals surface area contributed by atoms with Crippen molar-refractivity contribution in [3.05, 3.63) is 0 Å². The van der Waals surface area contributed by atoms with Gasteiger partial charge in [0.05, 0.1) is 0 Å². The lowest BCUT2D eigenvalue weighted by molar-refractivity contribution is 0.190. The van der Waals surface area contributed by atoms with Crippen LogP contribution < -0.4 is 5.73 Å². The minimum Gasteiger partial charge on any atom is -0.396 e. The predicted molar refractivity (Wildman–Crippen MR) is 47.4 cm³/mol. The molecule has 11 heavy (non-hydrogen) atoms. The number of nitrogens with zero attached hydrogens (tertiary/aromatic N) is 1. The predicted octanol–water partition coefficient (Wildman–Crippen LogP) is -0.105. The van der Waals surface area contributed by atoms with Crippen LogP contribution >= 0.6 is 0 Å². The zero-order chi connectivity index (χ0) is 8.69. The normalized spacial score (nSPS) is 13.9. The first-order valence-corrected chi connectivity index (χ1v) is 4.20. The van der Waals surface area contributed by atoms with Gasteiger partial charge in [-0.1, -0.05) is 6.92 Å². The summed E-state index contributed by atoms with van der Waals surface area (Å²) in [6.45, 7) is 5.04. The van der Waals surface area contributed by atoms with E-state index >= 15 is 0 Å². The molecular formula is C8H20N2O. The largest absolute Gasteiger partial charge is 0.396 e. The van der Waals surface area contributed by atoms with Crippen molar-refractivity contribution in [1.29, 1.82) is 0 Å². The summed E-state index contributed by atoms with van der Waals surface area (Å²) in [5.74, 6) is 0.373. The Morgan fingerprint density at radius 2 is 2.18 bits per heavy atom. The fourth-order valence-electron chi connectivity index (χ4n) is 1.04. The fourth-order valence-corrected chi connectivity index (χ4v) is 1.04. The van der Waals surface area contributed by atoms with E-state index in [0.717, 1.165) is 26.1 Å². The summed E-state index contributed by atoms with van der Waals surface area (Å²) in [7, 11) is 2.06. The van der Waals surface area contributed by atoms with Crippen LogP contribution in [0, 0.1) is 5.92 Å². The molecule has 0 saturated carbocycles. The molecule has 0 bridgehead atoms. The Morgan fingerprint density at radius 3 is 2.64 bits per heavy atom. The van der Waals surface area contributed by atoms with Crippen molar-refractivity contribution in [3.63, 3.8) is 0 Å². The molecule has 0 spiro atoms. The molecule has 0 rings (SSSR count). The number of hydrogen-bond acceptors (Lipinski definition) is 3. The Kier molecular flexibility index (Phi) is 6.51. The number of aliphatic hydroxyl groups is 1. The second-order valence-electron chi connectivity index (χ2n) is 3.19. The molecule has 3 heteroatoms. The van der Waals surface area contributed by atoms with Crippen LogP contribution in [-0.2, 0) is 0 Å². The molecule has 0 radical (unpaired) electrons. The molecule has 0 aliphatic rings. The zero-order valence-electron chi connectivity index (χ0n) is 7.58. The highest BCUT2D eigenvalue weighted by Gasteiger charge is 2.03. The van der Waals surface area contributed by atoms with Crippen molar-refractivity contribution in [1.82, 2.24) is 4.90 Å². The van der Waals surface area contributed by atoms with E-state index in [1.165, 1.54) is 0 Å². The Morgan fingerprint density at radius 1 is 1.55 bits per heavy atom. The smallest absolute Gasteiger partial charge is 0.0468 e. The third kappa shape index (κ3) is 6.28. The molecule has 0 aliphatic carbocycles. The van der Waals surface area contributed by atoms with E-state index in [2.05, 4.69) is 11.9 Å². The standard InChI is InChI=1S/C8H20N2O/c1-8(7-11)6-10(2)5-3-4-9/h8,11H,3-7,9H2,1-2H3. The van der Waals surface area contributed by atoms with E-state index in [4.69, 9.17) is 10.8 Å². The van der Waals surface area contributed by atoms with E-state index in [9.17, 15) is 0 Å². The van der Waals surface area contributed by atoms with Crippen molar-refractivity contribution < 1.29 is 5.11 Å². The maximum absolute atomic E-state index is 8.76. The zero-order valence-corrected chi connectivity index (χ0v) is 7.58. The SMILES string of the molecule is CC(CO)CN(C)CCCN. The van der Waals surface area contributed by atoms with Crippen LogP contribution in [0.5, 0.6) is 0 Å².